The predicted octanol–water partition coefficient (Wildman–Crippen LogP) is 4.12. The van der Waals surface area contributed by atoms with Gasteiger partial charge in [0, 0.05) is 16.5 Å². The van der Waals surface area contributed by atoms with E-state index in [1.807, 2.05) is 15.9 Å². The molecule has 0 saturated heterocycles. The number of aromatic amines is 1. The number of rotatable bonds is 3. The highest BCUT2D eigenvalue weighted by Gasteiger charge is 2.27. The molecule has 1 fully saturated rings. The second kappa shape index (κ2) is 5.36. The Morgan fingerprint density at radius 3 is 3.08 bits per heavy atom. The van der Waals surface area contributed by atoms with Gasteiger partial charge in [-0.1, -0.05) is 13.3 Å². The highest BCUT2D eigenvalue weighted by molar-refractivity contribution is 7.19. The van der Waals surface area contributed by atoms with Gasteiger partial charge in [0.1, 0.15) is 16.9 Å². The fourth-order valence-corrected chi connectivity index (χ4v) is 5.45. The van der Waals surface area contributed by atoms with Gasteiger partial charge in [0.05, 0.1) is 5.39 Å². The van der Waals surface area contributed by atoms with Crippen molar-refractivity contribution in [3.8, 4) is 11.5 Å². The molecule has 0 radical (unpaired) electrons. The van der Waals surface area contributed by atoms with Crippen LogP contribution in [0.1, 0.15) is 54.7 Å². The lowest BCUT2D eigenvalue weighted by atomic mass is 9.86. The largest absolute Gasteiger partial charge is 0.282 e. The van der Waals surface area contributed by atoms with E-state index >= 15 is 0 Å². The summed E-state index contributed by atoms with van der Waals surface area (Å²) in [6, 6.07) is 2.10. The van der Waals surface area contributed by atoms with Gasteiger partial charge in [-0.3, -0.25) is 5.10 Å². The molecule has 0 spiro atoms. The van der Waals surface area contributed by atoms with Crippen molar-refractivity contribution in [2.75, 3.05) is 0 Å². The Bertz CT molecular complexity index is 1130. The molecule has 2 aliphatic carbocycles. The first-order valence-corrected chi connectivity index (χ1v) is 10.3. The molecule has 6 rings (SSSR count). The maximum atomic E-state index is 4.86. The molecular formula is C19H20N6S. The molecule has 2 aliphatic rings. The summed E-state index contributed by atoms with van der Waals surface area (Å²) < 4.78 is 1.82. The Labute approximate surface area is 154 Å². The monoisotopic (exact) mass is 364 g/mol. The minimum atomic E-state index is 0.650. The van der Waals surface area contributed by atoms with Crippen molar-refractivity contribution in [3.05, 3.63) is 28.5 Å². The second-order valence-electron chi connectivity index (χ2n) is 7.63. The molecule has 26 heavy (non-hydrogen) atoms. The fraction of sp³-hybridized carbons (Fsp3) is 0.474. The van der Waals surface area contributed by atoms with Gasteiger partial charge >= 0.3 is 0 Å². The molecule has 4 heterocycles. The summed E-state index contributed by atoms with van der Waals surface area (Å²) in [7, 11) is 0. The van der Waals surface area contributed by atoms with Crippen molar-refractivity contribution in [2.45, 2.75) is 51.4 Å². The number of nitrogens with one attached hydrogen (secondary N) is 1. The maximum absolute atomic E-state index is 4.86. The Morgan fingerprint density at radius 2 is 2.23 bits per heavy atom. The van der Waals surface area contributed by atoms with Crippen molar-refractivity contribution in [2.24, 2.45) is 5.92 Å². The first-order chi connectivity index (χ1) is 12.8. The van der Waals surface area contributed by atoms with E-state index < -0.39 is 0 Å². The van der Waals surface area contributed by atoms with Crippen LogP contribution in [0.15, 0.2) is 12.4 Å². The molecule has 0 aliphatic heterocycles. The zero-order valence-electron chi connectivity index (χ0n) is 14.7. The molecule has 1 unspecified atom stereocenters. The van der Waals surface area contributed by atoms with Crippen molar-refractivity contribution in [1.29, 1.82) is 0 Å². The zero-order chi connectivity index (χ0) is 17.3. The number of aryl methyl sites for hydroxylation is 1. The molecule has 1 atom stereocenters. The number of nitrogens with zero attached hydrogens (tertiary/aromatic N) is 5. The Hall–Kier alpha value is -2.28. The molecular weight excluding hydrogens is 344 g/mol. The third kappa shape index (κ3) is 2.16. The molecule has 0 aromatic carbocycles. The number of thiophene rings is 1. The van der Waals surface area contributed by atoms with Gasteiger partial charge in [-0.05, 0) is 49.7 Å². The van der Waals surface area contributed by atoms with E-state index in [-0.39, 0.29) is 0 Å². The van der Waals surface area contributed by atoms with E-state index in [0.717, 1.165) is 28.5 Å². The first-order valence-electron chi connectivity index (χ1n) is 9.51. The van der Waals surface area contributed by atoms with Crippen molar-refractivity contribution < 1.29 is 0 Å². The fourth-order valence-electron chi connectivity index (χ4n) is 4.15. The summed E-state index contributed by atoms with van der Waals surface area (Å²) in [4.78, 5) is 12.1. The maximum Gasteiger partial charge on any atom is 0.202 e. The smallest absolute Gasteiger partial charge is 0.202 e. The van der Waals surface area contributed by atoms with Crippen LogP contribution in [0.3, 0.4) is 0 Å². The summed E-state index contributed by atoms with van der Waals surface area (Å²) >= 11 is 1.84. The van der Waals surface area contributed by atoms with Gasteiger partial charge in [-0.2, -0.15) is 5.10 Å². The lowest BCUT2D eigenvalue weighted by molar-refractivity contribution is 0.451. The van der Waals surface area contributed by atoms with Crippen LogP contribution < -0.4 is 0 Å². The van der Waals surface area contributed by atoms with Crippen LogP contribution in [-0.2, 0) is 12.8 Å². The van der Waals surface area contributed by atoms with Gasteiger partial charge in [-0.25, -0.2) is 14.5 Å². The molecule has 7 heteroatoms. The molecule has 4 aromatic rings. The Morgan fingerprint density at radius 1 is 1.31 bits per heavy atom. The van der Waals surface area contributed by atoms with Gasteiger partial charge in [-0.15, -0.1) is 16.4 Å². The van der Waals surface area contributed by atoms with Crippen LogP contribution in [0.4, 0.5) is 0 Å². The van der Waals surface area contributed by atoms with E-state index in [2.05, 4.69) is 33.3 Å². The molecule has 1 N–H and O–H groups in total. The molecule has 4 aromatic heterocycles. The predicted molar refractivity (Wildman–Crippen MR) is 102 cm³/mol. The number of hydrogen-bond acceptors (Lipinski definition) is 5. The molecule has 132 valence electrons. The van der Waals surface area contributed by atoms with E-state index in [4.69, 9.17) is 4.98 Å². The molecule has 0 amide bonds. The number of fused-ring (bicyclic) bond motifs is 5. The van der Waals surface area contributed by atoms with Crippen molar-refractivity contribution in [1.82, 2.24) is 29.8 Å². The lowest BCUT2D eigenvalue weighted by Crippen LogP contribution is -2.11. The normalized spacial score (nSPS) is 20.1. The van der Waals surface area contributed by atoms with Crippen LogP contribution in [0.25, 0.3) is 27.4 Å². The number of H-pyrrole nitrogens is 1. The minimum Gasteiger partial charge on any atom is -0.282 e. The summed E-state index contributed by atoms with van der Waals surface area (Å²) in [5, 5.41) is 13.4. The van der Waals surface area contributed by atoms with Gasteiger partial charge < -0.3 is 0 Å². The van der Waals surface area contributed by atoms with E-state index in [1.165, 1.54) is 53.6 Å². The molecule has 1 saturated carbocycles. The summed E-state index contributed by atoms with van der Waals surface area (Å²) in [6.07, 6.45) is 9.14. The van der Waals surface area contributed by atoms with Crippen LogP contribution >= 0.6 is 11.3 Å². The van der Waals surface area contributed by atoms with E-state index in [1.54, 1.807) is 6.33 Å². The van der Waals surface area contributed by atoms with Gasteiger partial charge in [0.2, 0.25) is 5.82 Å². The topological polar surface area (TPSA) is 71.8 Å². The SMILES string of the molecule is CCC1CCc2c(sc3ncn4nc(-c5cc(C6CC6)[nH]n5)nc4c23)C1. The standard InChI is InChI=1S/C19H20N6S/c1-2-10-3-6-12-15(7-10)26-19-16(12)18-21-17(24-25(18)9-20-19)14-8-13(22-23-14)11-4-5-11/h8-11H,2-7H2,1H3,(H,22,23). The van der Waals surface area contributed by atoms with Crippen molar-refractivity contribution in [3.63, 3.8) is 0 Å². The Balaban J connectivity index is 1.50. The van der Waals surface area contributed by atoms with Crippen LogP contribution in [0.2, 0.25) is 0 Å². The van der Waals surface area contributed by atoms with Gasteiger partial charge in [0.25, 0.3) is 0 Å². The lowest BCUT2D eigenvalue weighted by Gasteiger charge is -2.20. The highest BCUT2D eigenvalue weighted by Crippen LogP contribution is 2.41. The highest BCUT2D eigenvalue weighted by atomic mass is 32.1. The number of aromatic nitrogens is 6. The Kier molecular flexibility index (Phi) is 3.06. The van der Waals surface area contributed by atoms with Crippen molar-refractivity contribution >= 4 is 27.2 Å². The zero-order valence-corrected chi connectivity index (χ0v) is 15.5. The van der Waals surface area contributed by atoms with E-state index in [0.29, 0.717) is 11.7 Å². The molecule has 0 bridgehead atoms. The number of hydrogen-bond donors (Lipinski definition) is 1. The third-order valence-corrected chi connectivity index (χ3v) is 7.07. The summed E-state index contributed by atoms with van der Waals surface area (Å²) in [5.41, 5.74) is 4.42. The average molecular weight is 364 g/mol. The minimum absolute atomic E-state index is 0.650. The first kappa shape index (κ1) is 14.8. The summed E-state index contributed by atoms with van der Waals surface area (Å²) in [5.74, 6) is 2.15. The quantitative estimate of drug-likeness (QED) is 0.593. The van der Waals surface area contributed by atoms with Crippen LogP contribution in [0.5, 0.6) is 0 Å². The molecule has 6 nitrogen and oxygen atoms in total. The second-order valence-corrected chi connectivity index (χ2v) is 8.72. The average Bonchev–Trinajstić information content (AvgIpc) is 3.09. The summed E-state index contributed by atoms with van der Waals surface area (Å²) in [6.45, 7) is 2.30. The van der Waals surface area contributed by atoms with Gasteiger partial charge in [0.15, 0.2) is 5.65 Å². The van der Waals surface area contributed by atoms with Crippen LogP contribution in [-0.4, -0.2) is 29.8 Å². The van der Waals surface area contributed by atoms with Crippen LogP contribution in [0, 0.1) is 5.92 Å². The van der Waals surface area contributed by atoms with E-state index in [9.17, 15) is 0 Å². The third-order valence-electron chi connectivity index (χ3n) is 5.91.